The topological polar surface area (TPSA) is 83.7 Å². The van der Waals surface area contributed by atoms with E-state index >= 15 is 0 Å². The summed E-state index contributed by atoms with van der Waals surface area (Å²) in [4.78, 5) is 4.59. The Balaban J connectivity index is 0.000000252. The molecule has 1 saturated heterocycles. The van der Waals surface area contributed by atoms with Crippen LogP contribution < -0.4 is 10.6 Å². The number of fused-ring (bicyclic) bond motifs is 1. The highest BCUT2D eigenvalue weighted by Crippen LogP contribution is 2.30. The van der Waals surface area contributed by atoms with Crippen molar-refractivity contribution >= 4 is 27.4 Å². The zero-order valence-corrected chi connectivity index (χ0v) is 18.4. The van der Waals surface area contributed by atoms with E-state index in [0.29, 0.717) is 22.9 Å². The molecule has 8 heteroatoms. The molecule has 1 aliphatic rings. The van der Waals surface area contributed by atoms with Gasteiger partial charge in [0.05, 0.1) is 16.4 Å². The number of halogens is 1. The monoisotopic (exact) mass is 461 g/mol. The largest absolute Gasteiger partial charge is 0.507 e. The van der Waals surface area contributed by atoms with Crippen molar-refractivity contribution in [2.24, 2.45) is 0 Å². The number of phenolic OH excluding ortho intramolecular Hbond substituents is 1. The number of para-hydroxylation sites is 1. The van der Waals surface area contributed by atoms with E-state index in [4.69, 9.17) is 4.74 Å². The molecule has 0 unspecified atom stereocenters. The minimum Gasteiger partial charge on any atom is -0.507 e. The van der Waals surface area contributed by atoms with Crippen LogP contribution in [-0.2, 0) is 4.74 Å². The quantitative estimate of drug-likeness (QED) is 0.530. The van der Waals surface area contributed by atoms with E-state index in [2.05, 4.69) is 43.6 Å². The van der Waals surface area contributed by atoms with Gasteiger partial charge in [-0.1, -0.05) is 19.1 Å². The van der Waals surface area contributed by atoms with E-state index in [1.807, 2.05) is 25.2 Å². The summed E-state index contributed by atoms with van der Waals surface area (Å²) in [5.74, 6) is 1.07. The molecule has 29 heavy (non-hydrogen) atoms. The molecule has 0 bridgehead atoms. The average Bonchev–Trinajstić information content (AvgIpc) is 3.14. The molecule has 3 aromatic rings. The minimum atomic E-state index is 0.214. The van der Waals surface area contributed by atoms with Crippen LogP contribution in [0.3, 0.4) is 0 Å². The van der Waals surface area contributed by atoms with Crippen LogP contribution in [-0.4, -0.2) is 52.6 Å². The van der Waals surface area contributed by atoms with Gasteiger partial charge in [-0.15, -0.1) is 0 Å². The first kappa shape index (κ1) is 21.5. The van der Waals surface area contributed by atoms with Crippen molar-refractivity contribution in [1.29, 1.82) is 0 Å². The maximum absolute atomic E-state index is 10.0. The van der Waals surface area contributed by atoms with Crippen molar-refractivity contribution in [3.63, 3.8) is 0 Å². The number of hydrogen-bond donors (Lipinski definition) is 3. The number of nitrogens with zero attached hydrogens (tertiary/aromatic N) is 3. The highest BCUT2D eigenvalue weighted by Gasteiger charge is 2.13. The Morgan fingerprint density at radius 1 is 1.28 bits per heavy atom. The molecular formula is C21H28BrN5O2. The lowest BCUT2D eigenvalue weighted by molar-refractivity contribution is 0.0799. The second-order valence-corrected chi connectivity index (χ2v) is 7.73. The predicted octanol–water partition coefficient (Wildman–Crippen LogP) is 4.07. The van der Waals surface area contributed by atoms with Crippen LogP contribution in [0.5, 0.6) is 5.75 Å². The van der Waals surface area contributed by atoms with Gasteiger partial charge in [0.2, 0.25) is 0 Å². The Kier molecular flexibility index (Phi) is 7.85. The molecule has 0 saturated carbocycles. The molecule has 4 rings (SSSR count). The second kappa shape index (κ2) is 10.6. The van der Waals surface area contributed by atoms with E-state index in [0.717, 1.165) is 36.5 Å². The fraction of sp³-hybridized carbons (Fsp3) is 0.429. The standard InChI is InChI=1S/C15H15BrN4O.C6H13NO/c1-2-7-17-14-8-12(10-5-3-4-6-13(10)21)19-15-11(16)9-18-20(14)15;1-7-6-2-4-8-5-3-6/h3-6,8-9,17,21H,2,7H2,1H3;6-7H,2-5H2,1H3. The first-order chi connectivity index (χ1) is 14.1. The second-order valence-electron chi connectivity index (χ2n) is 6.87. The third kappa shape index (κ3) is 5.46. The summed E-state index contributed by atoms with van der Waals surface area (Å²) in [5.41, 5.74) is 2.13. The van der Waals surface area contributed by atoms with Crippen molar-refractivity contribution < 1.29 is 9.84 Å². The number of anilines is 1. The summed E-state index contributed by atoms with van der Waals surface area (Å²) in [6.45, 7) is 4.82. The summed E-state index contributed by atoms with van der Waals surface area (Å²) in [5, 5.41) is 20.9. The van der Waals surface area contributed by atoms with Crippen LogP contribution in [0, 0.1) is 0 Å². The van der Waals surface area contributed by atoms with Crippen molar-refractivity contribution in [1.82, 2.24) is 19.9 Å². The summed E-state index contributed by atoms with van der Waals surface area (Å²) < 4.78 is 7.73. The van der Waals surface area contributed by atoms with E-state index in [1.54, 1.807) is 22.8 Å². The molecule has 1 fully saturated rings. The smallest absolute Gasteiger partial charge is 0.172 e. The lowest BCUT2D eigenvalue weighted by Gasteiger charge is -2.20. The molecule has 0 amide bonds. The molecule has 3 heterocycles. The third-order valence-electron chi connectivity index (χ3n) is 4.79. The number of hydrogen-bond acceptors (Lipinski definition) is 6. The van der Waals surface area contributed by atoms with Gasteiger partial charge in [0, 0.05) is 37.4 Å². The number of rotatable bonds is 5. The van der Waals surface area contributed by atoms with Gasteiger partial charge in [-0.25, -0.2) is 4.98 Å². The molecule has 1 aromatic carbocycles. The maximum atomic E-state index is 10.0. The number of ether oxygens (including phenoxy) is 1. The lowest BCUT2D eigenvalue weighted by Crippen LogP contribution is -2.31. The maximum Gasteiger partial charge on any atom is 0.172 e. The molecule has 1 aliphatic heterocycles. The Labute approximate surface area is 179 Å². The van der Waals surface area contributed by atoms with Gasteiger partial charge in [0.1, 0.15) is 11.6 Å². The van der Waals surface area contributed by atoms with E-state index in [9.17, 15) is 5.11 Å². The van der Waals surface area contributed by atoms with Crippen molar-refractivity contribution in [3.8, 4) is 17.0 Å². The molecule has 2 aromatic heterocycles. The molecule has 0 radical (unpaired) electrons. The summed E-state index contributed by atoms with van der Waals surface area (Å²) in [7, 11) is 2.01. The van der Waals surface area contributed by atoms with E-state index in [-0.39, 0.29) is 5.75 Å². The van der Waals surface area contributed by atoms with Crippen LogP contribution in [0.1, 0.15) is 26.2 Å². The Morgan fingerprint density at radius 3 is 2.69 bits per heavy atom. The molecule has 156 valence electrons. The highest BCUT2D eigenvalue weighted by atomic mass is 79.9. The fourth-order valence-electron chi connectivity index (χ4n) is 3.13. The fourth-order valence-corrected chi connectivity index (χ4v) is 3.48. The first-order valence-electron chi connectivity index (χ1n) is 9.95. The van der Waals surface area contributed by atoms with Gasteiger partial charge in [-0.2, -0.15) is 9.61 Å². The number of phenols is 1. The first-order valence-corrected chi connectivity index (χ1v) is 10.7. The van der Waals surface area contributed by atoms with Gasteiger partial charge in [-0.3, -0.25) is 0 Å². The van der Waals surface area contributed by atoms with Gasteiger partial charge >= 0.3 is 0 Å². The summed E-state index contributed by atoms with van der Waals surface area (Å²) in [6.07, 6.45) is 5.08. The lowest BCUT2D eigenvalue weighted by atomic mass is 10.1. The van der Waals surface area contributed by atoms with Gasteiger partial charge in [0.25, 0.3) is 0 Å². The Hall–Kier alpha value is -2.16. The zero-order valence-electron chi connectivity index (χ0n) is 16.9. The van der Waals surface area contributed by atoms with Crippen LogP contribution in [0.25, 0.3) is 16.9 Å². The van der Waals surface area contributed by atoms with E-state index < -0.39 is 0 Å². The van der Waals surface area contributed by atoms with Crippen LogP contribution in [0.2, 0.25) is 0 Å². The molecule has 0 aliphatic carbocycles. The van der Waals surface area contributed by atoms with Gasteiger partial charge in [-0.05, 0) is 54.4 Å². The Morgan fingerprint density at radius 2 is 2.03 bits per heavy atom. The number of nitrogens with one attached hydrogen (secondary N) is 2. The molecule has 0 atom stereocenters. The third-order valence-corrected chi connectivity index (χ3v) is 5.35. The number of aromatic hydroxyl groups is 1. The Bertz CT molecular complexity index is 925. The van der Waals surface area contributed by atoms with Gasteiger partial charge in [0.15, 0.2) is 5.65 Å². The van der Waals surface area contributed by atoms with Crippen molar-refractivity contribution in [2.45, 2.75) is 32.2 Å². The number of benzene rings is 1. The SMILES string of the molecule is CCCNc1cc(-c2ccccc2O)nc2c(Br)cnn12.CNC1CCOCC1. The summed E-state index contributed by atoms with van der Waals surface area (Å²) >= 11 is 3.46. The molecule has 3 N–H and O–H groups in total. The summed E-state index contributed by atoms with van der Waals surface area (Å²) in [6, 6.07) is 9.79. The van der Waals surface area contributed by atoms with Crippen molar-refractivity contribution in [3.05, 3.63) is 41.0 Å². The van der Waals surface area contributed by atoms with Gasteiger partial charge < -0.3 is 20.5 Å². The number of aromatic nitrogens is 3. The minimum absolute atomic E-state index is 0.214. The van der Waals surface area contributed by atoms with Crippen LogP contribution in [0.4, 0.5) is 5.82 Å². The molecule has 0 spiro atoms. The van der Waals surface area contributed by atoms with E-state index in [1.165, 1.54) is 12.8 Å². The zero-order chi connectivity index (χ0) is 20.6. The molecular weight excluding hydrogens is 434 g/mol. The predicted molar refractivity (Wildman–Crippen MR) is 119 cm³/mol. The normalized spacial score (nSPS) is 14.4. The average molecular weight is 462 g/mol. The highest BCUT2D eigenvalue weighted by molar-refractivity contribution is 9.10. The van der Waals surface area contributed by atoms with Crippen LogP contribution in [0.15, 0.2) is 41.0 Å². The molecule has 7 nitrogen and oxygen atoms in total. The van der Waals surface area contributed by atoms with Crippen molar-refractivity contribution in [2.75, 3.05) is 32.1 Å². The van der Waals surface area contributed by atoms with Crippen LogP contribution >= 0.6 is 15.9 Å².